The van der Waals surface area contributed by atoms with Crippen molar-refractivity contribution in [3.05, 3.63) is 12.2 Å². The molecule has 0 radical (unpaired) electrons. The van der Waals surface area contributed by atoms with Gasteiger partial charge < -0.3 is 20.1 Å². The highest BCUT2D eigenvalue weighted by Gasteiger charge is 2.26. The van der Waals surface area contributed by atoms with E-state index in [1.54, 1.807) is 20.8 Å². The molecule has 0 aromatic rings. The number of rotatable bonds is 6. The van der Waals surface area contributed by atoms with E-state index in [1.807, 2.05) is 13.8 Å². The van der Waals surface area contributed by atoms with Crippen LogP contribution in [0.3, 0.4) is 0 Å². The zero-order valence-corrected chi connectivity index (χ0v) is 14.1. The molecule has 0 spiro atoms. The number of ether oxygens (including phenoxy) is 2. The largest absolute Gasteiger partial charge is 0.466 e. The number of nitrogens with one attached hydrogen (secondary N) is 2. The van der Waals surface area contributed by atoms with Gasteiger partial charge in [0.25, 0.3) is 0 Å². The van der Waals surface area contributed by atoms with Gasteiger partial charge in [-0.1, -0.05) is 19.9 Å². The molecule has 7 heteroatoms. The summed E-state index contributed by atoms with van der Waals surface area (Å²) in [5.41, 5.74) is -0.634. The molecule has 2 N–H and O–H groups in total. The lowest BCUT2D eigenvalue weighted by Gasteiger charge is -2.25. The normalized spacial score (nSPS) is 12.9. The Labute approximate surface area is 131 Å². The molecule has 0 fully saturated rings. The maximum atomic E-state index is 12.1. The SMILES string of the molecule is COC(=O)/C=C/CNC(=O)[C@@H](NC(=O)OC(C)(C)C)C(C)C. The number of amides is 2. The van der Waals surface area contributed by atoms with Gasteiger partial charge in [0.2, 0.25) is 5.91 Å². The first kappa shape index (κ1) is 19.9. The maximum Gasteiger partial charge on any atom is 0.408 e. The van der Waals surface area contributed by atoms with E-state index in [9.17, 15) is 14.4 Å². The molecule has 7 nitrogen and oxygen atoms in total. The minimum Gasteiger partial charge on any atom is -0.466 e. The highest BCUT2D eigenvalue weighted by atomic mass is 16.6. The number of methoxy groups -OCH3 is 1. The number of alkyl carbamates (subject to hydrolysis) is 1. The van der Waals surface area contributed by atoms with Gasteiger partial charge in [0, 0.05) is 12.6 Å². The van der Waals surface area contributed by atoms with Crippen molar-refractivity contribution in [1.82, 2.24) is 10.6 Å². The van der Waals surface area contributed by atoms with Gasteiger partial charge in [0.15, 0.2) is 0 Å². The molecular weight excluding hydrogens is 288 g/mol. The lowest BCUT2D eigenvalue weighted by molar-refractivity contribution is -0.134. The van der Waals surface area contributed by atoms with Crippen molar-refractivity contribution in [2.45, 2.75) is 46.3 Å². The highest BCUT2D eigenvalue weighted by Crippen LogP contribution is 2.08. The zero-order chi connectivity index (χ0) is 17.3. The molecule has 0 aromatic heterocycles. The molecule has 0 aliphatic rings. The van der Waals surface area contributed by atoms with E-state index in [0.717, 1.165) is 0 Å². The topological polar surface area (TPSA) is 93.7 Å². The third-order valence-electron chi connectivity index (χ3n) is 2.47. The Balaban J connectivity index is 4.49. The Bertz CT molecular complexity index is 424. The molecule has 0 bridgehead atoms. The van der Waals surface area contributed by atoms with Gasteiger partial charge in [-0.05, 0) is 26.7 Å². The summed E-state index contributed by atoms with van der Waals surface area (Å²) in [7, 11) is 1.27. The van der Waals surface area contributed by atoms with E-state index in [1.165, 1.54) is 19.3 Å². The first-order valence-electron chi connectivity index (χ1n) is 7.08. The first-order valence-corrected chi connectivity index (χ1v) is 7.08. The Kier molecular flexibility index (Phi) is 8.22. The van der Waals surface area contributed by atoms with Crippen LogP contribution in [0.25, 0.3) is 0 Å². The van der Waals surface area contributed by atoms with E-state index in [2.05, 4.69) is 15.4 Å². The predicted molar refractivity (Wildman–Crippen MR) is 82.2 cm³/mol. The molecule has 0 heterocycles. The van der Waals surface area contributed by atoms with E-state index in [-0.39, 0.29) is 18.4 Å². The number of hydrogen-bond acceptors (Lipinski definition) is 5. The van der Waals surface area contributed by atoms with Crippen LogP contribution >= 0.6 is 0 Å². The van der Waals surface area contributed by atoms with Crippen LogP contribution in [-0.4, -0.2) is 43.3 Å². The summed E-state index contributed by atoms with van der Waals surface area (Å²) >= 11 is 0. The molecule has 0 aliphatic carbocycles. The van der Waals surface area contributed by atoms with Crippen molar-refractivity contribution in [2.24, 2.45) is 5.92 Å². The van der Waals surface area contributed by atoms with E-state index in [4.69, 9.17) is 4.74 Å². The van der Waals surface area contributed by atoms with Crippen molar-refractivity contribution in [3.63, 3.8) is 0 Å². The summed E-state index contributed by atoms with van der Waals surface area (Å²) in [6.45, 7) is 9.02. The average molecular weight is 314 g/mol. The molecule has 22 heavy (non-hydrogen) atoms. The van der Waals surface area contributed by atoms with Crippen LogP contribution in [0.1, 0.15) is 34.6 Å². The third-order valence-corrected chi connectivity index (χ3v) is 2.47. The summed E-state index contributed by atoms with van der Waals surface area (Å²) in [6.07, 6.45) is 2.03. The van der Waals surface area contributed by atoms with Crippen molar-refractivity contribution in [2.75, 3.05) is 13.7 Å². The molecule has 0 saturated carbocycles. The van der Waals surface area contributed by atoms with Crippen LogP contribution in [0, 0.1) is 5.92 Å². The van der Waals surface area contributed by atoms with E-state index in [0.29, 0.717) is 0 Å². The fourth-order valence-corrected chi connectivity index (χ4v) is 1.46. The maximum absolute atomic E-state index is 12.1. The first-order chi connectivity index (χ1) is 10.1. The van der Waals surface area contributed by atoms with Crippen LogP contribution in [0.15, 0.2) is 12.2 Å². The molecule has 1 atom stereocenters. The van der Waals surface area contributed by atoms with Gasteiger partial charge in [-0.25, -0.2) is 9.59 Å². The average Bonchev–Trinajstić information content (AvgIpc) is 2.37. The minimum atomic E-state index is -0.721. The summed E-state index contributed by atoms with van der Waals surface area (Å²) in [6, 6.07) is -0.721. The second-order valence-electron chi connectivity index (χ2n) is 6.04. The molecule has 2 amide bonds. The smallest absolute Gasteiger partial charge is 0.408 e. The fourth-order valence-electron chi connectivity index (χ4n) is 1.46. The van der Waals surface area contributed by atoms with Gasteiger partial charge in [-0.2, -0.15) is 0 Å². The molecular formula is C15H26N2O5. The van der Waals surface area contributed by atoms with Gasteiger partial charge in [0.05, 0.1) is 7.11 Å². The van der Waals surface area contributed by atoms with Gasteiger partial charge in [0.1, 0.15) is 11.6 Å². The summed E-state index contributed by atoms with van der Waals surface area (Å²) in [5, 5.41) is 5.15. The highest BCUT2D eigenvalue weighted by molar-refractivity contribution is 5.86. The van der Waals surface area contributed by atoms with Crippen LogP contribution < -0.4 is 10.6 Å². The molecule has 0 aromatic carbocycles. The van der Waals surface area contributed by atoms with Crippen molar-refractivity contribution in [3.8, 4) is 0 Å². The second kappa shape index (κ2) is 9.07. The van der Waals surface area contributed by atoms with Crippen LogP contribution in [0.5, 0.6) is 0 Å². The second-order valence-corrected chi connectivity index (χ2v) is 6.04. The Morgan fingerprint density at radius 3 is 2.23 bits per heavy atom. The molecule has 0 rings (SSSR count). The Hall–Kier alpha value is -2.05. The fraction of sp³-hybridized carbons (Fsp3) is 0.667. The third kappa shape index (κ3) is 8.99. The van der Waals surface area contributed by atoms with Crippen molar-refractivity contribution >= 4 is 18.0 Å². The molecule has 0 saturated heterocycles. The monoisotopic (exact) mass is 314 g/mol. The van der Waals surface area contributed by atoms with Gasteiger partial charge in [-0.3, -0.25) is 4.79 Å². The molecule has 0 aliphatic heterocycles. The van der Waals surface area contributed by atoms with Crippen LogP contribution in [0.4, 0.5) is 4.79 Å². The zero-order valence-electron chi connectivity index (χ0n) is 14.1. The van der Waals surface area contributed by atoms with Crippen LogP contribution in [0.2, 0.25) is 0 Å². The lowest BCUT2D eigenvalue weighted by Crippen LogP contribution is -2.50. The summed E-state index contributed by atoms with van der Waals surface area (Å²) in [4.78, 5) is 34.7. The molecule has 126 valence electrons. The predicted octanol–water partition coefficient (Wildman–Crippen LogP) is 1.38. The minimum absolute atomic E-state index is 0.114. The summed E-state index contributed by atoms with van der Waals surface area (Å²) < 4.78 is 9.56. The van der Waals surface area contributed by atoms with Gasteiger partial charge >= 0.3 is 12.1 Å². The Morgan fingerprint density at radius 2 is 1.77 bits per heavy atom. The quantitative estimate of drug-likeness (QED) is 0.570. The standard InChI is InChI=1S/C15H26N2O5/c1-10(2)12(17-14(20)22-15(3,4)5)13(19)16-9-7-8-11(18)21-6/h7-8,10,12H,9H2,1-6H3,(H,16,19)(H,17,20)/b8-7+/t12-/m0/s1. The van der Waals surface area contributed by atoms with Crippen molar-refractivity contribution < 1.29 is 23.9 Å². The number of carbonyl (C=O) groups is 3. The number of esters is 1. The molecule has 0 unspecified atom stereocenters. The number of hydrogen-bond donors (Lipinski definition) is 2. The number of carbonyl (C=O) groups excluding carboxylic acids is 3. The van der Waals surface area contributed by atoms with Crippen LogP contribution in [-0.2, 0) is 19.1 Å². The lowest BCUT2D eigenvalue weighted by atomic mass is 10.0. The van der Waals surface area contributed by atoms with E-state index < -0.39 is 23.7 Å². The summed E-state index contributed by atoms with van der Waals surface area (Å²) in [5.74, 6) is -0.964. The Morgan fingerprint density at radius 1 is 1.18 bits per heavy atom. The van der Waals surface area contributed by atoms with Gasteiger partial charge in [-0.15, -0.1) is 0 Å². The van der Waals surface area contributed by atoms with Crippen molar-refractivity contribution in [1.29, 1.82) is 0 Å². The van der Waals surface area contributed by atoms with E-state index >= 15 is 0 Å².